The van der Waals surface area contributed by atoms with Crippen molar-refractivity contribution >= 4 is 11.8 Å². The SMILES string of the molecule is CCOC(=O)C1=C(OC)C2C3C=CC(C3)C2C1=O. The molecule has 0 amide bonds. The van der Waals surface area contributed by atoms with E-state index in [2.05, 4.69) is 12.2 Å². The van der Waals surface area contributed by atoms with Crippen LogP contribution in [0, 0.1) is 23.7 Å². The molecule has 0 heterocycles. The number of methoxy groups -OCH3 is 1. The van der Waals surface area contributed by atoms with Crippen LogP contribution in [-0.2, 0) is 19.1 Å². The summed E-state index contributed by atoms with van der Waals surface area (Å²) >= 11 is 0. The van der Waals surface area contributed by atoms with E-state index in [0.717, 1.165) is 6.42 Å². The van der Waals surface area contributed by atoms with Crippen molar-refractivity contribution in [1.82, 2.24) is 0 Å². The Morgan fingerprint density at radius 2 is 2.00 bits per heavy atom. The van der Waals surface area contributed by atoms with Gasteiger partial charge in [0.05, 0.1) is 13.7 Å². The summed E-state index contributed by atoms with van der Waals surface area (Å²) in [7, 11) is 1.53. The van der Waals surface area contributed by atoms with E-state index in [4.69, 9.17) is 9.47 Å². The molecule has 18 heavy (non-hydrogen) atoms. The molecule has 0 spiro atoms. The van der Waals surface area contributed by atoms with Gasteiger partial charge < -0.3 is 9.47 Å². The molecular weight excluding hydrogens is 232 g/mol. The number of ether oxygens (including phenoxy) is 2. The largest absolute Gasteiger partial charge is 0.500 e. The van der Waals surface area contributed by atoms with Crippen LogP contribution in [-0.4, -0.2) is 25.5 Å². The third kappa shape index (κ3) is 1.32. The number of hydrogen-bond acceptors (Lipinski definition) is 4. The number of fused-ring (bicyclic) bond motifs is 5. The Kier molecular flexibility index (Phi) is 2.54. The maximum Gasteiger partial charge on any atom is 0.345 e. The normalized spacial score (nSPS) is 36.2. The van der Waals surface area contributed by atoms with Crippen LogP contribution in [0.5, 0.6) is 0 Å². The molecular formula is C14H16O4. The van der Waals surface area contributed by atoms with E-state index < -0.39 is 5.97 Å². The van der Waals surface area contributed by atoms with Crippen molar-refractivity contribution < 1.29 is 19.1 Å². The van der Waals surface area contributed by atoms with Crippen molar-refractivity contribution in [2.45, 2.75) is 13.3 Å². The number of allylic oxidation sites excluding steroid dienone is 3. The molecule has 2 bridgehead atoms. The van der Waals surface area contributed by atoms with Crippen LogP contribution in [0.4, 0.5) is 0 Å². The Morgan fingerprint density at radius 3 is 2.61 bits per heavy atom. The lowest BCUT2D eigenvalue weighted by Gasteiger charge is -2.20. The molecule has 4 nitrogen and oxygen atoms in total. The van der Waals surface area contributed by atoms with Crippen molar-refractivity contribution in [2.24, 2.45) is 23.7 Å². The third-order valence-corrected chi connectivity index (χ3v) is 4.26. The second kappa shape index (κ2) is 3.97. The maximum absolute atomic E-state index is 12.4. The van der Waals surface area contributed by atoms with Crippen LogP contribution in [0.25, 0.3) is 0 Å². The number of esters is 1. The Labute approximate surface area is 106 Å². The first-order valence-electron chi connectivity index (χ1n) is 6.36. The van der Waals surface area contributed by atoms with E-state index in [0.29, 0.717) is 11.7 Å². The first-order valence-corrected chi connectivity index (χ1v) is 6.36. The second-order valence-corrected chi connectivity index (χ2v) is 5.03. The first-order chi connectivity index (χ1) is 8.69. The fourth-order valence-corrected chi connectivity index (χ4v) is 3.63. The number of carbonyl (C=O) groups is 2. The number of hydrogen-bond donors (Lipinski definition) is 0. The summed E-state index contributed by atoms with van der Waals surface area (Å²) in [6.45, 7) is 2.00. The summed E-state index contributed by atoms with van der Waals surface area (Å²) in [5.74, 6) is 0.474. The third-order valence-electron chi connectivity index (χ3n) is 4.26. The van der Waals surface area contributed by atoms with Crippen LogP contribution in [0.2, 0.25) is 0 Å². The summed E-state index contributed by atoms with van der Waals surface area (Å²) in [6.07, 6.45) is 5.25. The highest BCUT2D eigenvalue weighted by Gasteiger charge is 2.57. The Balaban J connectivity index is 2.00. The van der Waals surface area contributed by atoms with E-state index in [1.54, 1.807) is 6.92 Å². The average Bonchev–Trinajstić information content (AvgIpc) is 3.00. The molecule has 4 atom stereocenters. The summed E-state index contributed by atoms with van der Waals surface area (Å²) in [5, 5.41) is 0. The fraction of sp³-hybridized carbons (Fsp3) is 0.571. The lowest BCUT2D eigenvalue weighted by Crippen LogP contribution is -2.24. The van der Waals surface area contributed by atoms with Crippen molar-refractivity contribution in [3.05, 3.63) is 23.5 Å². The van der Waals surface area contributed by atoms with Crippen LogP contribution in [0.15, 0.2) is 23.5 Å². The van der Waals surface area contributed by atoms with Crippen molar-refractivity contribution in [2.75, 3.05) is 13.7 Å². The van der Waals surface area contributed by atoms with Gasteiger partial charge in [-0.2, -0.15) is 0 Å². The molecule has 4 heteroatoms. The molecule has 1 fully saturated rings. The Morgan fingerprint density at radius 1 is 1.33 bits per heavy atom. The van der Waals surface area contributed by atoms with Crippen molar-refractivity contribution in [3.63, 3.8) is 0 Å². The molecule has 1 saturated carbocycles. The Bertz CT molecular complexity index is 474. The minimum Gasteiger partial charge on any atom is -0.500 e. The van der Waals surface area contributed by atoms with Crippen LogP contribution in [0.1, 0.15) is 13.3 Å². The van der Waals surface area contributed by atoms with Crippen LogP contribution < -0.4 is 0 Å². The minimum atomic E-state index is -0.534. The predicted octanol–water partition coefficient (Wildman–Crippen LogP) is 1.47. The van der Waals surface area contributed by atoms with Gasteiger partial charge in [0.2, 0.25) is 0 Å². The van der Waals surface area contributed by atoms with Gasteiger partial charge in [0, 0.05) is 11.8 Å². The van der Waals surface area contributed by atoms with Gasteiger partial charge in [0.1, 0.15) is 11.3 Å². The van der Waals surface area contributed by atoms with Gasteiger partial charge in [-0.05, 0) is 25.2 Å². The monoisotopic (exact) mass is 248 g/mol. The zero-order valence-electron chi connectivity index (χ0n) is 10.5. The number of ketones is 1. The van der Waals surface area contributed by atoms with Gasteiger partial charge in [-0.15, -0.1) is 0 Å². The maximum atomic E-state index is 12.4. The molecule has 3 aliphatic rings. The molecule has 0 aromatic heterocycles. The lowest BCUT2D eigenvalue weighted by atomic mass is 9.84. The minimum absolute atomic E-state index is 0.0527. The van der Waals surface area contributed by atoms with E-state index in [1.165, 1.54) is 7.11 Å². The Hall–Kier alpha value is -1.58. The molecule has 3 aliphatic carbocycles. The van der Waals surface area contributed by atoms with Crippen LogP contribution >= 0.6 is 0 Å². The molecule has 0 N–H and O–H groups in total. The van der Waals surface area contributed by atoms with Gasteiger partial charge in [-0.25, -0.2) is 4.79 Å². The fourth-order valence-electron chi connectivity index (χ4n) is 3.63. The van der Waals surface area contributed by atoms with E-state index in [-0.39, 0.29) is 35.7 Å². The molecule has 0 saturated heterocycles. The number of Topliss-reactive ketones (excluding diaryl/α,β-unsaturated/α-hetero) is 1. The summed E-state index contributed by atoms with van der Waals surface area (Å²) in [5.41, 5.74) is 0.146. The number of carbonyl (C=O) groups excluding carboxylic acids is 2. The van der Waals surface area contributed by atoms with E-state index in [9.17, 15) is 9.59 Å². The van der Waals surface area contributed by atoms with Crippen LogP contribution in [0.3, 0.4) is 0 Å². The summed E-state index contributed by atoms with van der Waals surface area (Å²) in [6, 6.07) is 0. The highest BCUT2D eigenvalue weighted by Crippen LogP contribution is 2.56. The molecule has 0 aliphatic heterocycles. The zero-order chi connectivity index (χ0) is 12.9. The highest BCUT2D eigenvalue weighted by molar-refractivity contribution is 6.20. The van der Waals surface area contributed by atoms with Gasteiger partial charge >= 0.3 is 5.97 Å². The summed E-state index contributed by atoms with van der Waals surface area (Å²) < 4.78 is 10.3. The standard InChI is InChI=1S/C14H16O4/c1-3-18-14(16)11-12(15)9-7-4-5-8(6-7)10(9)13(11)17-2/h4-5,7-10H,3,6H2,1-2H3. The quantitative estimate of drug-likeness (QED) is 0.431. The zero-order valence-corrected chi connectivity index (χ0v) is 10.5. The molecule has 4 unspecified atom stereocenters. The van der Waals surface area contributed by atoms with E-state index >= 15 is 0 Å². The molecule has 0 radical (unpaired) electrons. The average molecular weight is 248 g/mol. The van der Waals surface area contributed by atoms with Gasteiger partial charge in [0.25, 0.3) is 0 Å². The lowest BCUT2D eigenvalue weighted by molar-refractivity contribution is -0.140. The second-order valence-electron chi connectivity index (χ2n) is 5.03. The predicted molar refractivity (Wildman–Crippen MR) is 63.4 cm³/mol. The smallest absolute Gasteiger partial charge is 0.345 e. The highest BCUT2D eigenvalue weighted by atomic mass is 16.5. The topological polar surface area (TPSA) is 52.6 Å². The van der Waals surface area contributed by atoms with Gasteiger partial charge in [-0.1, -0.05) is 12.2 Å². The molecule has 0 aromatic rings. The van der Waals surface area contributed by atoms with Crippen molar-refractivity contribution in [1.29, 1.82) is 0 Å². The van der Waals surface area contributed by atoms with Crippen molar-refractivity contribution in [3.8, 4) is 0 Å². The van der Waals surface area contributed by atoms with Gasteiger partial charge in [-0.3, -0.25) is 4.79 Å². The first kappa shape index (κ1) is 11.5. The van der Waals surface area contributed by atoms with E-state index in [1.807, 2.05) is 0 Å². The number of rotatable bonds is 3. The molecule has 3 rings (SSSR count). The van der Waals surface area contributed by atoms with Gasteiger partial charge in [0.15, 0.2) is 5.78 Å². The molecule has 0 aromatic carbocycles. The molecule has 96 valence electrons. The summed E-state index contributed by atoms with van der Waals surface area (Å²) in [4.78, 5) is 24.3.